The molecule has 25 heavy (non-hydrogen) atoms. The molecular formula is C19H20N2O3S. The number of thiazole rings is 1. The number of aromatic hydroxyl groups is 1. The Morgan fingerprint density at radius 2 is 2.04 bits per heavy atom. The van der Waals surface area contributed by atoms with E-state index in [1.54, 1.807) is 0 Å². The van der Waals surface area contributed by atoms with Gasteiger partial charge in [-0.3, -0.25) is 9.78 Å². The number of aryl methyl sites for hydroxylation is 1. The molecule has 0 fully saturated rings. The zero-order valence-corrected chi connectivity index (χ0v) is 14.8. The highest BCUT2D eigenvalue weighted by Gasteiger charge is 2.20. The van der Waals surface area contributed by atoms with Crippen molar-refractivity contribution in [2.24, 2.45) is 0 Å². The fourth-order valence-corrected chi connectivity index (χ4v) is 3.17. The van der Waals surface area contributed by atoms with Crippen molar-refractivity contribution >= 4 is 11.3 Å². The summed E-state index contributed by atoms with van der Waals surface area (Å²) in [6.45, 7) is 2.48. The van der Waals surface area contributed by atoms with Gasteiger partial charge < -0.3 is 9.84 Å². The van der Waals surface area contributed by atoms with Crippen LogP contribution in [-0.4, -0.2) is 21.3 Å². The van der Waals surface area contributed by atoms with Crippen molar-refractivity contribution in [1.29, 1.82) is 0 Å². The van der Waals surface area contributed by atoms with Gasteiger partial charge in [0.2, 0.25) is 5.88 Å². The first-order valence-corrected chi connectivity index (χ1v) is 9.06. The summed E-state index contributed by atoms with van der Waals surface area (Å²) in [4.78, 5) is 16.3. The summed E-state index contributed by atoms with van der Waals surface area (Å²) in [6.07, 6.45) is 2.81. The maximum atomic E-state index is 12.1. The van der Waals surface area contributed by atoms with Gasteiger partial charge in [0.05, 0.1) is 12.0 Å². The molecule has 130 valence electrons. The van der Waals surface area contributed by atoms with E-state index in [9.17, 15) is 9.90 Å². The van der Waals surface area contributed by atoms with Crippen LogP contribution < -0.4 is 4.87 Å². The third kappa shape index (κ3) is 4.15. The summed E-state index contributed by atoms with van der Waals surface area (Å²) in [5.74, 6) is -0.0886. The van der Waals surface area contributed by atoms with Gasteiger partial charge in [-0.2, -0.15) is 0 Å². The van der Waals surface area contributed by atoms with Crippen LogP contribution in [-0.2, 0) is 17.6 Å². The lowest BCUT2D eigenvalue weighted by molar-refractivity contribution is 0.0276. The smallest absolute Gasteiger partial charge is 0.312 e. The van der Waals surface area contributed by atoms with Crippen molar-refractivity contribution in [2.45, 2.75) is 26.0 Å². The molecule has 0 bridgehead atoms. The maximum absolute atomic E-state index is 12.1. The summed E-state index contributed by atoms with van der Waals surface area (Å²) in [6, 6.07) is 13.5. The first-order valence-electron chi connectivity index (χ1n) is 8.18. The molecule has 2 aromatic heterocycles. The number of pyridine rings is 1. The molecule has 0 aliphatic carbocycles. The highest BCUT2D eigenvalue weighted by Crippen LogP contribution is 2.24. The Morgan fingerprint density at radius 3 is 2.64 bits per heavy atom. The van der Waals surface area contributed by atoms with Crippen molar-refractivity contribution in [3.05, 3.63) is 80.5 Å². The number of rotatable bonds is 7. The Bertz CT molecular complexity index is 856. The Morgan fingerprint density at radius 1 is 1.24 bits per heavy atom. The lowest BCUT2D eigenvalue weighted by Gasteiger charge is -2.19. The van der Waals surface area contributed by atoms with Crippen LogP contribution in [0.3, 0.4) is 0 Å². The number of hydrogen-bond donors (Lipinski definition) is 1. The Hall–Kier alpha value is -2.44. The maximum Gasteiger partial charge on any atom is 0.312 e. The largest absolute Gasteiger partial charge is 0.494 e. The van der Waals surface area contributed by atoms with Crippen LogP contribution in [0.4, 0.5) is 0 Å². The van der Waals surface area contributed by atoms with E-state index >= 15 is 0 Å². The molecule has 1 unspecified atom stereocenters. The fraction of sp³-hybridized carbons (Fsp3) is 0.263. The predicted molar refractivity (Wildman–Crippen MR) is 98.1 cm³/mol. The van der Waals surface area contributed by atoms with E-state index in [-0.39, 0.29) is 10.8 Å². The molecule has 6 heteroatoms. The highest BCUT2D eigenvalue weighted by atomic mass is 32.1. The molecular weight excluding hydrogens is 336 g/mol. The van der Waals surface area contributed by atoms with Crippen LogP contribution in [0.5, 0.6) is 5.88 Å². The lowest BCUT2D eigenvalue weighted by Crippen LogP contribution is -2.23. The number of ether oxygens (including phenoxy) is 1. The van der Waals surface area contributed by atoms with Gasteiger partial charge in [0.25, 0.3) is 0 Å². The minimum atomic E-state index is -0.658. The van der Waals surface area contributed by atoms with Crippen molar-refractivity contribution in [3.63, 3.8) is 0 Å². The zero-order valence-electron chi connectivity index (χ0n) is 14.0. The first-order chi connectivity index (χ1) is 12.2. The second-order valence-corrected chi connectivity index (χ2v) is 6.45. The quantitative estimate of drug-likeness (QED) is 0.705. The van der Waals surface area contributed by atoms with Crippen LogP contribution in [0, 0.1) is 0 Å². The van der Waals surface area contributed by atoms with E-state index in [0.717, 1.165) is 29.0 Å². The molecule has 2 heterocycles. The van der Waals surface area contributed by atoms with Gasteiger partial charge in [0.1, 0.15) is 0 Å². The summed E-state index contributed by atoms with van der Waals surface area (Å²) >= 11 is 0.953. The SMILES string of the molecule is CCc1ccc(CCOC(c2ccccc2)n2c(O)csc2=O)nc1. The molecule has 1 atom stereocenters. The van der Waals surface area contributed by atoms with Gasteiger partial charge >= 0.3 is 4.87 Å². The minimum Gasteiger partial charge on any atom is -0.494 e. The highest BCUT2D eigenvalue weighted by molar-refractivity contribution is 7.07. The minimum absolute atomic E-state index is 0.0886. The zero-order chi connectivity index (χ0) is 17.6. The van der Waals surface area contributed by atoms with E-state index < -0.39 is 6.23 Å². The van der Waals surface area contributed by atoms with Crippen molar-refractivity contribution in [1.82, 2.24) is 9.55 Å². The molecule has 0 aliphatic heterocycles. The number of nitrogens with zero attached hydrogens (tertiary/aromatic N) is 2. The lowest BCUT2D eigenvalue weighted by atomic mass is 10.2. The van der Waals surface area contributed by atoms with E-state index in [1.165, 1.54) is 15.5 Å². The van der Waals surface area contributed by atoms with Gasteiger partial charge in [-0.1, -0.05) is 54.7 Å². The molecule has 0 spiro atoms. The average molecular weight is 356 g/mol. The van der Waals surface area contributed by atoms with Crippen molar-refractivity contribution < 1.29 is 9.84 Å². The third-order valence-corrected chi connectivity index (χ3v) is 4.68. The molecule has 1 aromatic carbocycles. The summed E-state index contributed by atoms with van der Waals surface area (Å²) in [5, 5.41) is 11.4. The monoisotopic (exact) mass is 356 g/mol. The van der Waals surface area contributed by atoms with E-state index in [1.807, 2.05) is 42.6 Å². The Balaban J connectivity index is 1.75. The number of aromatic nitrogens is 2. The summed E-state index contributed by atoms with van der Waals surface area (Å²) in [7, 11) is 0. The van der Waals surface area contributed by atoms with Crippen LogP contribution in [0.25, 0.3) is 0 Å². The predicted octanol–water partition coefficient (Wildman–Crippen LogP) is 3.38. The summed E-state index contributed by atoms with van der Waals surface area (Å²) < 4.78 is 7.24. The summed E-state index contributed by atoms with van der Waals surface area (Å²) in [5.41, 5.74) is 2.94. The molecule has 0 saturated carbocycles. The second kappa shape index (κ2) is 8.09. The van der Waals surface area contributed by atoms with Crippen LogP contribution in [0.15, 0.2) is 58.8 Å². The Kier molecular flexibility index (Phi) is 5.63. The molecule has 0 amide bonds. The molecule has 5 nitrogen and oxygen atoms in total. The normalized spacial score (nSPS) is 12.2. The third-order valence-electron chi connectivity index (χ3n) is 3.96. The molecule has 3 aromatic rings. The van der Waals surface area contributed by atoms with Crippen LogP contribution >= 0.6 is 11.3 Å². The molecule has 1 N–H and O–H groups in total. The number of hydrogen-bond acceptors (Lipinski definition) is 5. The fourth-order valence-electron chi connectivity index (χ4n) is 2.55. The van der Waals surface area contributed by atoms with Gasteiger partial charge in [0, 0.05) is 23.9 Å². The van der Waals surface area contributed by atoms with Gasteiger partial charge in [-0.05, 0) is 18.1 Å². The molecule has 0 aliphatic rings. The topological polar surface area (TPSA) is 64.3 Å². The van der Waals surface area contributed by atoms with Gasteiger partial charge in [0.15, 0.2) is 6.23 Å². The average Bonchev–Trinajstić information content (AvgIpc) is 2.99. The Labute approximate surface area is 150 Å². The molecule has 0 saturated heterocycles. The van der Waals surface area contributed by atoms with Crippen LogP contribution in [0.1, 0.15) is 30.0 Å². The molecule has 3 rings (SSSR count). The first kappa shape index (κ1) is 17.4. The molecule has 0 radical (unpaired) electrons. The number of benzene rings is 1. The van der Waals surface area contributed by atoms with E-state index in [0.29, 0.717) is 13.0 Å². The van der Waals surface area contributed by atoms with Crippen LogP contribution in [0.2, 0.25) is 0 Å². The second-order valence-electron chi connectivity index (χ2n) is 5.62. The van der Waals surface area contributed by atoms with Gasteiger partial charge in [-0.25, -0.2) is 4.57 Å². The van der Waals surface area contributed by atoms with E-state index in [2.05, 4.69) is 18.0 Å². The van der Waals surface area contributed by atoms with Gasteiger partial charge in [-0.15, -0.1) is 0 Å². The van der Waals surface area contributed by atoms with Crippen molar-refractivity contribution in [3.8, 4) is 5.88 Å². The van der Waals surface area contributed by atoms with Crippen molar-refractivity contribution in [2.75, 3.05) is 6.61 Å². The standard InChI is InChI=1S/C19H20N2O3S/c1-2-14-8-9-16(20-12-14)10-11-24-18(15-6-4-3-5-7-15)21-17(22)13-25-19(21)23/h3-9,12-13,18,22H,2,10-11H2,1H3. The van der Waals surface area contributed by atoms with E-state index in [4.69, 9.17) is 4.74 Å².